The quantitative estimate of drug-likeness (QED) is 0.860. The molecule has 0 amide bonds. The summed E-state index contributed by atoms with van der Waals surface area (Å²) in [7, 11) is -2.81. The first-order valence-corrected chi connectivity index (χ1v) is 9.90. The molecule has 3 rings (SSSR count). The molecular weight excluding hydrogens is 368 g/mol. The van der Waals surface area contributed by atoms with Crippen LogP contribution in [0.5, 0.6) is 0 Å². The van der Waals surface area contributed by atoms with Gasteiger partial charge < -0.3 is 15.2 Å². The van der Waals surface area contributed by atoms with Gasteiger partial charge in [0.2, 0.25) is 5.95 Å². The monoisotopic (exact) mass is 386 g/mol. The Bertz CT molecular complexity index is 773. The van der Waals surface area contributed by atoms with Crippen LogP contribution in [0.25, 0.3) is 11.0 Å². The number of fused-ring (bicyclic) bond motifs is 1. The van der Waals surface area contributed by atoms with Crippen molar-refractivity contribution in [3.63, 3.8) is 0 Å². The third kappa shape index (κ3) is 3.44. The van der Waals surface area contributed by atoms with Gasteiger partial charge >= 0.3 is 0 Å². The lowest BCUT2D eigenvalue weighted by molar-refractivity contribution is 0.286. The van der Waals surface area contributed by atoms with Gasteiger partial charge in [-0.15, -0.1) is 0 Å². The molecule has 22 heavy (non-hydrogen) atoms. The van der Waals surface area contributed by atoms with Crippen LogP contribution in [0.4, 0.5) is 5.95 Å². The number of imidazole rings is 1. The Labute approximate surface area is 138 Å². The summed E-state index contributed by atoms with van der Waals surface area (Å²) in [6.07, 6.45) is 0.919. The standard InChI is InChI=1S/C14H19BrN4O2S/c15-11-2-3-12-13(10-11)19(14(16)17-12)5-1-4-18-6-8-22(20,21)9-7-18/h2-3,10H,1,4-9H2,(H2,16,17). The third-order valence-electron chi connectivity index (χ3n) is 4.03. The Morgan fingerprint density at radius 3 is 2.68 bits per heavy atom. The number of aromatic nitrogens is 2. The van der Waals surface area contributed by atoms with E-state index in [9.17, 15) is 8.42 Å². The SMILES string of the molecule is Nc1nc2ccc(Br)cc2n1CCCN1CCS(=O)(=O)CC1. The van der Waals surface area contributed by atoms with Gasteiger partial charge in [-0.25, -0.2) is 13.4 Å². The van der Waals surface area contributed by atoms with Crippen molar-refractivity contribution in [3.05, 3.63) is 22.7 Å². The molecular formula is C14H19BrN4O2S. The topological polar surface area (TPSA) is 81.2 Å². The van der Waals surface area contributed by atoms with Crippen molar-refractivity contribution in [2.45, 2.75) is 13.0 Å². The predicted octanol–water partition coefficient (Wildman–Crippen LogP) is 1.50. The molecule has 8 heteroatoms. The second-order valence-corrected chi connectivity index (χ2v) is 8.82. The Hall–Kier alpha value is -1.12. The summed E-state index contributed by atoms with van der Waals surface area (Å²) in [5.41, 5.74) is 7.92. The van der Waals surface area contributed by atoms with Crippen LogP contribution < -0.4 is 5.73 Å². The summed E-state index contributed by atoms with van der Waals surface area (Å²) in [5.74, 6) is 1.07. The average Bonchev–Trinajstić information content (AvgIpc) is 2.76. The number of hydrogen-bond donors (Lipinski definition) is 1. The molecule has 1 saturated heterocycles. The van der Waals surface area contributed by atoms with E-state index in [-0.39, 0.29) is 11.5 Å². The number of halogens is 1. The fraction of sp³-hybridized carbons (Fsp3) is 0.500. The zero-order valence-corrected chi connectivity index (χ0v) is 14.6. The first-order valence-electron chi connectivity index (χ1n) is 7.29. The van der Waals surface area contributed by atoms with Crippen molar-refractivity contribution in [1.82, 2.24) is 14.5 Å². The Balaban J connectivity index is 1.62. The molecule has 120 valence electrons. The first-order chi connectivity index (χ1) is 10.4. The molecule has 0 aliphatic carbocycles. The molecule has 0 saturated carbocycles. The largest absolute Gasteiger partial charge is 0.369 e. The normalized spacial score (nSPS) is 18.8. The number of nitrogen functional groups attached to an aromatic ring is 1. The van der Waals surface area contributed by atoms with Crippen LogP contribution in [0.2, 0.25) is 0 Å². The predicted molar refractivity (Wildman–Crippen MR) is 91.6 cm³/mol. The number of sulfone groups is 1. The molecule has 1 aliphatic rings. The van der Waals surface area contributed by atoms with Crippen LogP contribution in [0.1, 0.15) is 6.42 Å². The minimum Gasteiger partial charge on any atom is -0.369 e. The minimum absolute atomic E-state index is 0.274. The van der Waals surface area contributed by atoms with Gasteiger partial charge in [0.15, 0.2) is 9.84 Å². The summed E-state index contributed by atoms with van der Waals surface area (Å²) in [6.45, 7) is 2.92. The lowest BCUT2D eigenvalue weighted by Gasteiger charge is -2.26. The van der Waals surface area contributed by atoms with Crippen molar-refractivity contribution < 1.29 is 8.42 Å². The second kappa shape index (κ2) is 6.17. The Morgan fingerprint density at radius 2 is 1.95 bits per heavy atom. The molecule has 2 N–H and O–H groups in total. The van der Waals surface area contributed by atoms with E-state index >= 15 is 0 Å². The summed E-state index contributed by atoms with van der Waals surface area (Å²) in [6, 6.07) is 5.92. The fourth-order valence-electron chi connectivity index (χ4n) is 2.78. The molecule has 1 aliphatic heterocycles. The highest BCUT2D eigenvalue weighted by molar-refractivity contribution is 9.10. The van der Waals surface area contributed by atoms with Gasteiger partial charge in [-0.05, 0) is 31.2 Å². The zero-order valence-electron chi connectivity index (χ0n) is 12.2. The minimum atomic E-state index is -2.81. The van der Waals surface area contributed by atoms with E-state index in [2.05, 4.69) is 25.8 Å². The number of aryl methyl sites for hydroxylation is 1. The molecule has 0 spiro atoms. The van der Waals surface area contributed by atoms with Gasteiger partial charge in [0.1, 0.15) is 0 Å². The van der Waals surface area contributed by atoms with E-state index in [4.69, 9.17) is 5.73 Å². The molecule has 2 heterocycles. The molecule has 0 unspecified atom stereocenters. The number of nitrogens with zero attached hydrogens (tertiary/aromatic N) is 3. The van der Waals surface area contributed by atoms with E-state index in [1.807, 2.05) is 22.8 Å². The average molecular weight is 387 g/mol. The van der Waals surface area contributed by atoms with Crippen molar-refractivity contribution >= 4 is 42.7 Å². The van der Waals surface area contributed by atoms with Crippen molar-refractivity contribution in [3.8, 4) is 0 Å². The Morgan fingerprint density at radius 1 is 1.23 bits per heavy atom. The summed E-state index contributed by atoms with van der Waals surface area (Å²) < 4.78 is 25.9. The van der Waals surface area contributed by atoms with Crippen LogP contribution in [-0.2, 0) is 16.4 Å². The van der Waals surface area contributed by atoms with Crippen LogP contribution in [-0.4, -0.2) is 54.0 Å². The smallest absolute Gasteiger partial charge is 0.201 e. The molecule has 1 aromatic heterocycles. The molecule has 1 aromatic carbocycles. The number of hydrogen-bond acceptors (Lipinski definition) is 5. The van der Waals surface area contributed by atoms with Gasteiger partial charge in [-0.2, -0.15) is 0 Å². The summed E-state index contributed by atoms with van der Waals surface area (Å²) in [5, 5.41) is 0. The lowest BCUT2D eigenvalue weighted by Crippen LogP contribution is -2.40. The van der Waals surface area contributed by atoms with Gasteiger partial charge in [-0.3, -0.25) is 0 Å². The molecule has 0 bridgehead atoms. The second-order valence-electron chi connectivity index (χ2n) is 5.60. The number of benzene rings is 1. The maximum atomic E-state index is 11.4. The first kappa shape index (κ1) is 15.8. The van der Waals surface area contributed by atoms with Crippen LogP contribution in [0.3, 0.4) is 0 Å². The molecule has 0 atom stereocenters. The summed E-state index contributed by atoms with van der Waals surface area (Å²) in [4.78, 5) is 6.57. The zero-order chi connectivity index (χ0) is 15.7. The molecule has 6 nitrogen and oxygen atoms in total. The van der Waals surface area contributed by atoms with Crippen LogP contribution in [0.15, 0.2) is 22.7 Å². The lowest BCUT2D eigenvalue weighted by atomic mass is 10.3. The third-order valence-corrected chi connectivity index (χ3v) is 6.14. The number of anilines is 1. The number of rotatable bonds is 4. The number of nitrogens with two attached hydrogens (primary N) is 1. The van der Waals surface area contributed by atoms with E-state index < -0.39 is 9.84 Å². The highest BCUT2D eigenvalue weighted by Crippen LogP contribution is 2.22. The van der Waals surface area contributed by atoms with Gasteiger partial charge in [0.05, 0.1) is 22.5 Å². The summed E-state index contributed by atoms with van der Waals surface area (Å²) >= 11 is 3.47. The van der Waals surface area contributed by atoms with Gasteiger partial charge in [0.25, 0.3) is 0 Å². The molecule has 1 fully saturated rings. The van der Waals surface area contributed by atoms with Gasteiger partial charge in [0, 0.05) is 24.1 Å². The maximum Gasteiger partial charge on any atom is 0.201 e. The highest BCUT2D eigenvalue weighted by Gasteiger charge is 2.21. The molecule has 2 aromatic rings. The van der Waals surface area contributed by atoms with E-state index in [1.165, 1.54) is 0 Å². The van der Waals surface area contributed by atoms with E-state index in [0.717, 1.165) is 35.0 Å². The Kier molecular flexibility index (Phi) is 4.42. The molecule has 0 radical (unpaired) electrons. The van der Waals surface area contributed by atoms with Crippen molar-refractivity contribution in [2.75, 3.05) is 36.9 Å². The van der Waals surface area contributed by atoms with E-state index in [1.54, 1.807) is 0 Å². The van der Waals surface area contributed by atoms with Gasteiger partial charge in [-0.1, -0.05) is 15.9 Å². The van der Waals surface area contributed by atoms with Crippen molar-refractivity contribution in [1.29, 1.82) is 0 Å². The highest BCUT2D eigenvalue weighted by atomic mass is 79.9. The van der Waals surface area contributed by atoms with Crippen LogP contribution in [0, 0.1) is 0 Å². The van der Waals surface area contributed by atoms with Crippen LogP contribution >= 0.6 is 15.9 Å². The van der Waals surface area contributed by atoms with Crippen molar-refractivity contribution in [2.24, 2.45) is 0 Å². The van der Waals surface area contributed by atoms with E-state index in [0.29, 0.717) is 19.0 Å². The fourth-order valence-corrected chi connectivity index (χ4v) is 4.40. The maximum absolute atomic E-state index is 11.4.